The molecule has 0 radical (unpaired) electrons. The summed E-state index contributed by atoms with van der Waals surface area (Å²) < 4.78 is 0. The second-order valence-corrected chi connectivity index (χ2v) is 9.63. The zero-order chi connectivity index (χ0) is 23.7. The van der Waals surface area contributed by atoms with Gasteiger partial charge in [-0.05, 0) is 35.6 Å². The highest BCUT2D eigenvalue weighted by Gasteiger charge is 2.12. The summed E-state index contributed by atoms with van der Waals surface area (Å²) in [6, 6.07) is 11.5. The van der Waals surface area contributed by atoms with Crippen LogP contribution in [0.2, 0.25) is 0 Å². The molecule has 0 aliphatic rings. The van der Waals surface area contributed by atoms with Gasteiger partial charge in [-0.15, -0.1) is 16.4 Å². The first-order chi connectivity index (χ1) is 16.1. The minimum atomic E-state index is -0.338. The number of nitrogens with one attached hydrogen (secondary N) is 1. The molecule has 1 aromatic carbocycles. The van der Waals surface area contributed by atoms with Crippen LogP contribution in [0, 0.1) is 0 Å². The number of hydroxylamine groups is 2. The highest BCUT2D eigenvalue weighted by Crippen LogP contribution is 2.16. The molecular formula is C27H40N2O3S. The van der Waals surface area contributed by atoms with Crippen molar-refractivity contribution in [2.45, 2.75) is 91.1 Å². The Morgan fingerprint density at radius 2 is 1.52 bits per heavy atom. The van der Waals surface area contributed by atoms with Crippen LogP contribution in [0.4, 0.5) is 0 Å². The van der Waals surface area contributed by atoms with E-state index in [1.807, 2.05) is 41.8 Å². The first-order valence-electron chi connectivity index (χ1n) is 12.4. The van der Waals surface area contributed by atoms with E-state index in [-0.39, 0.29) is 11.9 Å². The average molecular weight is 473 g/mol. The van der Waals surface area contributed by atoms with Gasteiger partial charge in [0, 0.05) is 23.9 Å². The average Bonchev–Trinajstić information content (AvgIpc) is 3.30. The number of carbonyl (C=O) groups is 2. The fourth-order valence-electron chi connectivity index (χ4n) is 3.76. The van der Waals surface area contributed by atoms with E-state index in [2.05, 4.69) is 12.2 Å². The van der Waals surface area contributed by atoms with E-state index in [4.69, 9.17) is 4.84 Å². The maximum Gasteiger partial charge on any atom is 0.322 e. The van der Waals surface area contributed by atoms with Crippen LogP contribution in [-0.4, -0.2) is 23.5 Å². The third kappa shape index (κ3) is 12.0. The summed E-state index contributed by atoms with van der Waals surface area (Å²) in [4.78, 5) is 30.3. The Balaban J connectivity index is 1.64. The first-order valence-corrected chi connectivity index (χ1v) is 13.3. The minimum Gasteiger partial charge on any atom is -0.368 e. The quantitative estimate of drug-likeness (QED) is 0.201. The van der Waals surface area contributed by atoms with Crippen molar-refractivity contribution < 1.29 is 14.4 Å². The summed E-state index contributed by atoms with van der Waals surface area (Å²) in [7, 11) is 0. The summed E-state index contributed by atoms with van der Waals surface area (Å²) in [5.74, 6) is -0.373. The van der Waals surface area contributed by atoms with Crippen LogP contribution < -0.4 is 5.32 Å². The predicted molar refractivity (Wildman–Crippen MR) is 136 cm³/mol. The van der Waals surface area contributed by atoms with E-state index in [1.54, 1.807) is 16.4 Å². The third-order valence-electron chi connectivity index (χ3n) is 5.56. The van der Waals surface area contributed by atoms with Crippen LogP contribution in [0.15, 0.2) is 41.8 Å². The molecule has 182 valence electrons. The van der Waals surface area contributed by atoms with Crippen LogP contribution in [-0.2, 0) is 22.7 Å². The maximum absolute atomic E-state index is 12.4. The lowest BCUT2D eigenvalue weighted by molar-refractivity contribution is -0.193. The maximum atomic E-state index is 12.4. The molecule has 0 fully saturated rings. The Hall–Kier alpha value is -2.18. The van der Waals surface area contributed by atoms with Crippen molar-refractivity contribution >= 4 is 23.2 Å². The molecule has 0 spiro atoms. The third-order valence-corrected chi connectivity index (χ3v) is 6.42. The molecule has 6 heteroatoms. The lowest BCUT2D eigenvalue weighted by Gasteiger charge is -2.20. The molecule has 0 unspecified atom stereocenters. The van der Waals surface area contributed by atoms with Crippen molar-refractivity contribution in [3.63, 3.8) is 0 Å². The van der Waals surface area contributed by atoms with E-state index in [0.29, 0.717) is 18.7 Å². The van der Waals surface area contributed by atoms with Crippen molar-refractivity contribution in [3.8, 4) is 0 Å². The van der Waals surface area contributed by atoms with Crippen molar-refractivity contribution in [3.05, 3.63) is 57.8 Å². The Bertz CT molecular complexity index is 790. The highest BCUT2D eigenvalue weighted by atomic mass is 32.1. The van der Waals surface area contributed by atoms with E-state index >= 15 is 0 Å². The highest BCUT2D eigenvalue weighted by molar-refractivity contribution is 7.09. The van der Waals surface area contributed by atoms with Crippen molar-refractivity contribution in [2.75, 3.05) is 6.54 Å². The summed E-state index contributed by atoms with van der Waals surface area (Å²) in [6.45, 7) is 5.39. The summed E-state index contributed by atoms with van der Waals surface area (Å²) >= 11 is 1.63. The molecule has 0 saturated heterocycles. The molecule has 1 aromatic heterocycles. The van der Waals surface area contributed by atoms with Gasteiger partial charge < -0.3 is 10.2 Å². The number of rotatable bonds is 17. The molecule has 2 aromatic rings. The van der Waals surface area contributed by atoms with Gasteiger partial charge in [0.1, 0.15) is 0 Å². The lowest BCUT2D eigenvalue weighted by atomic mass is 10.1. The number of benzene rings is 1. The van der Waals surface area contributed by atoms with Gasteiger partial charge in [-0.3, -0.25) is 9.59 Å². The standard InChI is InChI=1S/C27H40N2O3S/c1-3-4-5-6-7-8-9-10-11-12-19-28-27(31)25-17-15-24(16-18-25)21-29(32-23(2)30)22-26-14-13-20-33-26/h13-18,20H,3-12,19,21-22H2,1-2H3,(H,28,31). The molecule has 1 amide bonds. The topological polar surface area (TPSA) is 58.6 Å². The molecule has 0 atom stereocenters. The minimum absolute atomic E-state index is 0.0344. The van der Waals surface area contributed by atoms with Crippen LogP contribution in [0.1, 0.15) is 98.9 Å². The van der Waals surface area contributed by atoms with E-state index in [1.165, 1.54) is 64.7 Å². The number of thiophene rings is 1. The van der Waals surface area contributed by atoms with E-state index < -0.39 is 0 Å². The fourth-order valence-corrected chi connectivity index (χ4v) is 4.47. The van der Waals surface area contributed by atoms with Crippen molar-refractivity contribution in [2.24, 2.45) is 0 Å². The zero-order valence-corrected chi connectivity index (χ0v) is 21.1. The predicted octanol–water partition coefficient (Wildman–Crippen LogP) is 6.88. The molecule has 2 rings (SSSR count). The number of nitrogens with zero attached hydrogens (tertiary/aromatic N) is 1. The number of unbranched alkanes of at least 4 members (excludes halogenated alkanes) is 9. The van der Waals surface area contributed by atoms with Gasteiger partial charge in [-0.1, -0.05) is 82.9 Å². The summed E-state index contributed by atoms with van der Waals surface area (Å²) in [6.07, 6.45) is 12.9. The fraction of sp³-hybridized carbons (Fsp3) is 0.556. The van der Waals surface area contributed by atoms with Gasteiger partial charge in [-0.25, -0.2) is 0 Å². The Kier molecular flexibility index (Phi) is 13.5. The Morgan fingerprint density at radius 3 is 2.09 bits per heavy atom. The largest absolute Gasteiger partial charge is 0.368 e. The molecule has 0 aliphatic heterocycles. The van der Waals surface area contributed by atoms with Gasteiger partial charge in [-0.2, -0.15) is 0 Å². The van der Waals surface area contributed by atoms with Crippen molar-refractivity contribution in [1.29, 1.82) is 0 Å². The Labute approximate surface area is 203 Å². The monoisotopic (exact) mass is 472 g/mol. The molecule has 5 nitrogen and oxygen atoms in total. The number of hydrogen-bond donors (Lipinski definition) is 1. The van der Waals surface area contributed by atoms with Gasteiger partial charge in [0.05, 0.1) is 13.1 Å². The molecule has 0 saturated carbocycles. The van der Waals surface area contributed by atoms with Crippen molar-refractivity contribution in [1.82, 2.24) is 10.4 Å². The van der Waals surface area contributed by atoms with E-state index in [9.17, 15) is 9.59 Å². The second-order valence-electron chi connectivity index (χ2n) is 8.60. The summed E-state index contributed by atoms with van der Waals surface area (Å²) in [5, 5.41) is 6.67. The molecule has 0 aliphatic carbocycles. The van der Waals surface area contributed by atoms with Crippen LogP contribution in [0.3, 0.4) is 0 Å². The molecule has 1 heterocycles. The smallest absolute Gasteiger partial charge is 0.322 e. The van der Waals surface area contributed by atoms with Gasteiger partial charge in [0.25, 0.3) is 5.91 Å². The Morgan fingerprint density at radius 1 is 0.879 bits per heavy atom. The van der Waals surface area contributed by atoms with Gasteiger partial charge >= 0.3 is 5.97 Å². The van der Waals surface area contributed by atoms with E-state index in [0.717, 1.165) is 23.4 Å². The molecule has 0 bridgehead atoms. The van der Waals surface area contributed by atoms with Crippen LogP contribution in [0.25, 0.3) is 0 Å². The lowest BCUT2D eigenvalue weighted by Crippen LogP contribution is -2.26. The number of hydrogen-bond acceptors (Lipinski definition) is 5. The van der Waals surface area contributed by atoms with Crippen LogP contribution >= 0.6 is 11.3 Å². The number of amides is 1. The zero-order valence-electron chi connectivity index (χ0n) is 20.3. The van der Waals surface area contributed by atoms with Crippen LogP contribution in [0.5, 0.6) is 0 Å². The number of carbonyl (C=O) groups excluding carboxylic acids is 2. The SMILES string of the molecule is CCCCCCCCCCCCNC(=O)c1ccc(CN(Cc2cccs2)OC(C)=O)cc1. The molecule has 1 N–H and O–H groups in total. The summed E-state index contributed by atoms with van der Waals surface area (Å²) in [5.41, 5.74) is 1.64. The molecular weight excluding hydrogens is 432 g/mol. The second kappa shape index (κ2) is 16.4. The van der Waals surface area contributed by atoms with Gasteiger partial charge in [0.2, 0.25) is 0 Å². The normalized spacial score (nSPS) is 11.0. The van der Waals surface area contributed by atoms with Gasteiger partial charge in [0.15, 0.2) is 0 Å². The molecule has 33 heavy (non-hydrogen) atoms. The first kappa shape index (κ1) is 27.1.